The van der Waals surface area contributed by atoms with E-state index in [1.54, 1.807) is 12.3 Å². The second kappa shape index (κ2) is 4.70. The van der Waals surface area contributed by atoms with Gasteiger partial charge in [0.25, 0.3) is 9.05 Å². The van der Waals surface area contributed by atoms with Crippen LogP contribution in [0.2, 0.25) is 0 Å². The van der Waals surface area contributed by atoms with Crippen LogP contribution in [0.15, 0.2) is 35.4 Å². The van der Waals surface area contributed by atoms with Gasteiger partial charge >= 0.3 is 0 Å². The highest BCUT2D eigenvalue weighted by Gasteiger charge is 2.17. The minimum absolute atomic E-state index is 0.200. The Bertz CT molecular complexity index is 631. The smallest absolute Gasteiger partial charge is 0.263 e. The molecule has 1 heterocycles. The average molecular weight is 272 g/mol. The average Bonchev–Trinajstić information content (AvgIpc) is 2.65. The third kappa shape index (κ3) is 2.48. The lowest BCUT2D eigenvalue weighted by Crippen LogP contribution is -1.95. The molecule has 0 aliphatic heterocycles. The summed E-state index contributed by atoms with van der Waals surface area (Å²) in [4.78, 5) is 0.200. The number of rotatable bonds is 4. The Hall–Kier alpha value is -1.00. The van der Waals surface area contributed by atoms with Crippen molar-refractivity contribution < 1.29 is 8.42 Å². The zero-order valence-corrected chi connectivity index (χ0v) is 11.1. The summed E-state index contributed by atoms with van der Waals surface area (Å²) in [5.41, 5.74) is 0.917. The maximum absolute atomic E-state index is 11.5. The molecule has 2 aromatic rings. The van der Waals surface area contributed by atoms with Gasteiger partial charge < -0.3 is 4.57 Å². The van der Waals surface area contributed by atoms with Crippen molar-refractivity contribution in [3.05, 3.63) is 30.5 Å². The van der Waals surface area contributed by atoms with E-state index in [-0.39, 0.29) is 4.90 Å². The molecule has 92 valence electrons. The number of halogens is 1. The highest BCUT2D eigenvalue weighted by molar-refractivity contribution is 8.14. The Kier molecular flexibility index (Phi) is 3.45. The second-order valence-electron chi connectivity index (χ2n) is 4.00. The summed E-state index contributed by atoms with van der Waals surface area (Å²) in [6.45, 7) is 2.91. The van der Waals surface area contributed by atoms with Crippen LogP contribution in [0.4, 0.5) is 0 Å². The summed E-state index contributed by atoms with van der Waals surface area (Å²) in [6.07, 6.45) is 3.71. The summed E-state index contributed by atoms with van der Waals surface area (Å²) >= 11 is 0. The van der Waals surface area contributed by atoms with Crippen LogP contribution in [0.1, 0.15) is 19.8 Å². The Balaban J connectivity index is 2.63. The first kappa shape index (κ1) is 12.5. The van der Waals surface area contributed by atoms with Crippen molar-refractivity contribution in [3.63, 3.8) is 0 Å². The third-order valence-electron chi connectivity index (χ3n) is 2.77. The highest BCUT2D eigenvalue weighted by Crippen LogP contribution is 2.28. The van der Waals surface area contributed by atoms with E-state index in [0.717, 1.165) is 24.9 Å². The summed E-state index contributed by atoms with van der Waals surface area (Å²) in [6, 6.07) is 7.41. The van der Waals surface area contributed by atoms with E-state index in [9.17, 15) is 8.42 Å². The number of para-hydroxylation sites is 1. The summed E-state index contributed by atoms with van der Waals surface area (Å²) in [5.74, 6) is 0. The second-order valence-corrected chi connectivity index (χ2v) is 6.53. The molecule has 0 atom stereocenters. The van der Waals surface area contributed by atoms with E-state index in [4.69, 9.17) is 10.7 Å². The minimum Gasteiger partial charge on any atom is -0.346 e. The highest BCUT2D eigenvalue weighted by atomic mass is 35.7. The lowest BCUT2D eigenvalue weighted by atomic mass is 10.2. The Morgan fingerprint density at radius 3 is 2.65 bits per heavy atom. The molecular formula is C12H14ClNO2S. The largest absolute Gasteiger partial charge is 0.346 e. The van der Waals surface area contributed by atoms with Crippen LogP contribution in [0.3, 0.4) is 0 Å². The molecule has 0 saturated carbocycles. The van der Waals surface area contributed by atoms with Crippen molar-refractivity contribution in [2.75, 3.05) is 0 Å². The molecule has 0 amide bonds. The number of aromatic nitrogens is 1. The van der Waals surface area contributed by atoms with Gasteiger partial charge in [-0.25, -0.2) is 8.42 Å². The number of nitrogens with zero attached hydrogens (tertiary/aromatic N) is 1. The fraction of sp³-hybridized carbons (Fsp3) is 0.333. The third-order valence-corrected chi connectivity index (χ3v) is 4.12. The minimum atomic E-state index is -3.68. The van der Waals surface area contributed by atoms with Gasteiger partial charge in [0.1, 0.15) is 4.90 Å². The Morgan fingerprint density at radius 2 is 2.00 bits per heavy atom. The number of fused-ring (bicyclic) bond motifs is 1. The molecule has 0 aliphatic rings. The fourth-order valence-electron chi connectivity index (χ4n) is 1.92. The molecule has 1 aromatic carbocycles. The van der Waals surface area contributed by atoms with E-state index >= 15 is 0 Å². The summed E-state index contributed by atoms with van der Waals surface area (Å²) in [5, 5.41) is 0.693. The van der Waals surface area contributed by atoms with Crippen LogP contribution in [0, 0.1) is 0 Å². The van der Waals surface area contributed by atoms with Crippen LogP contribution in [0.25, 0.3) is 10.9 Å². The molecule has 0 bridgehead atoms. The van der Waals surface area contributed by atoms with Gasteiger partial charge in [0.05, 0.1) is 0 Å². The maximum atomic E-state index is 11.5. The molecule has 0 aliphatic carbocycles. The van der Waals surface area contributed by atoms with Crippen LogP contribution in [-0.4, -0.2) is 13.0 Å². The van der Waals surface area contributed by atoms with E-state index in [1.165, 1.54) is 0 Å². The summed E-state index contributed by atoms with van der Waals surface area (Å²) in [7, 11) is 1.76. The lowest BCUT2D eigenvalue weighted by molar-refractivity contribution is 0.608. The number of unbranched alkanes of at least 4 members (excludes halogenated alkanes) is 1. The maximum Gasteiger partial charge on any atom is 0.263 e. The quantitative estimate of drug-likeness (QED) is 0.800. The molecule has 0 unspecified atom stereocenters. The lowest BCUT2D eigenvalue weighted by Gasteiger charge is -2.02. The zero-order valence-electron chi connectivity index (χ0n) is 9.56. The zero-order chi connectivity index (χ0) is 12.5. The number of hydrogen-bond donors (Lipinski definition) is 0. The molecular weight excluding hydrogens is 258 g/mol. The van der Waals surface area contributed by atoms with Gasteiger partial charge in [-0.2, -0.15) is 0 Å². The van der Waals surface area contributed by atoms with Gasteiger partial charge in [0.2, 0.25) is 0 Å². The van der Waals surface area contributed by atoms with Crippen molar-refractivity contribution in [2.24, 2.45) is 0 Å². The molecule has 0 spiro atoms. The normalized spacial score (nSPS) is 12.1. The molecule has 1 aromatic heterocycles. The number of hydrogen-bond acceptors (Lipinski definition) is 2. The number of aryl methyl sites for hydroxylation is 1. The Morgan fingerprint density at radius 1 is 1.29 bits per heavy atom. The predicted octanol–water partition coefficient (Wildman–Crippen LogP) is 3.37. The van der Waals surface area contributed by atoms with Crippen molar-refractivity contribution in [3.8, 4) is 0 Å². The van der Waals surface area contributed by atoms with Crippen molar-refractivity contribution in [1.29, 1.82) is 0 Å². The van der Waals surface area contributed by atoms with Gasteiger partial charge in [-0.15, -0.1) is 0 Å². The van der Waals surface area contributed by atoms with Crippen molar-refractivity contribution >= 4 is 30.6 Å². The first-order valence-electron chi connectivity index (χ1n) is 5.56. The monoisotopic (exact) mass is 271 g/mol. The van der Waals surface area contributed by atoms with Crippen LogP contribution < -0.4 is 0 Å². The SMILES string of the molecule is CCCCn1cc(S(=O)(=O)Cl)c2ccccc21. The van der Waals surface area contributed by atoms with E-state index in [1.807, 2.05) is 22.8 Å². The van der Waals surface area contributed by atoms with Crippen LogP contribution in [-0.2, 0) is 15.6 Å². The van der Waals surface area contributed by atoms with Gasteiger partial charge in [0.15, 0.2) is 0 Å². The topological polar surface area (TPSA) is 39.1 Å². The van der Waals surface area contributed by atoms with E-state index in [0.29, 0.717) is 5.39 Å². The van der Waals surface area contributed by atoms with Gasteiger partial charge in [-0.05, 0) is 12.5 Å². The first-order valence-corrected chi connectivity index (χ1v) is 7.87. The van der Waals surface area contributed by atoms with Gasteiger partial charge in [-0.3, -0.25) is 0 Å². The molecule has 0 radical (unpaired) electrons. The molecule has 5 heteroatoms. The van der Waals surface area contributed by atoms with Gasteiger partial charge in [0, 0.05) is 34.3 Å². The van der Waals surface area contributed by atoms with Gasteiger partial charge in [-0.1, -0.05) is 31.5 Å². The Labute approximate surface area is 105 Å². The molecule has 0 fully saturated rings. The molecule has 3 nitrogen and oxygen atoms in total. The van der Waals surface area contributed by atoms with Crippen molar-refractivity contribution in [2.45, 2.75) is 31.2 Å². The molecule has 0 saturated heterocycles. The molecule has 2 rings (SSSR count). The van der Waals surface area contributed by atoms with E-state index in [2.05, 4.69) is 6.92 Å². The van der Waals surface area contributed by atoms with E-state index < -0.39 is 9.05 Å². The standard InChI is InChI=1S/C12H14ClNO2S/c1-2-3-8-14-9-12(17(13,15)16)10-6-4-5-7-11(10)14/h4-7,9H,2-3,8H2,1H3. The van der Waals surface area contributed by atoms with Crippen LogP contribution in [0.5, 0.6) is 0 Å². The summed E-state index contributed by atoms with van der Waals surface area (Å²) < 4.78 is 24.9. The molecule has 0 N–H and O–H groups in total. The first-order chi connectivity index (χ1) is 8.04. The number of benzene rings is 1. The predicted molar refractivity (Wildman–Crippen MR) is 69.9 cm³/mol. The fourth-order valence-corrected chi connectivity index (χ4v) is 2.98. The van der Waals surface area contributed by atoms with Crippen LogP contribution >= 0.6 is 10.7 Å². The van der Waals surface area contributed by atoms with Crippen molar-refractivity contribution in [1.82, 2.24) is 4.57 Å². The molecule has 17 heavy (non-hydrogen) atoms.